The summed E-state index contributed by atoms with van der Waals surface area (Å²) in [7, 11) is -3.02. The molecule has 0 radical (unpaired) electrons. The first-order valence-corrected chi connectivity index (χ1v) is 7.77. The number of hydrogen-bond donors (Lipinski definition) is 2. The van der Waals surface area contributed by atoms with Crippen LogP contribution in [0.15, 0.2) is 0 Å². The van der Waals surface area contributed by atoms with Crippen molar-refractivity contribution < 1.29 is 23.1 Å². The molecule has 0 aromatic heterocycles. The molecule has 104 valence electrons. The predicted molar refractivity (Wildman–Crippen MR) is 65.0 cm³/mol. The smallest absolute Gasteiger partial charge is 0.305 e. The molecule has 1 rings (SSSR count). The SMILES string of the molecule is CS(=O)(=O)CCCN1CCNC(=O)C1CC(=O)O. The van der Waals surface area contributed by atoms with Crippen molar-refractivity contribution in [3.63, 3.8) is 0 Å². The average Bonchev–Trinajstić information content (AvgIpc) is 2.20. The van der Waals surface area contributed by atoms with E-state index in [1.165, 1.54) is 0 Å². The van der Waals surface area contributed by atoms with E-state index in [-0.39, 0.29) is 18.1 Å². The van der Waals surface area contributed by atoms with E-state index >= 15 is 0 Å². The zero-order chi connectivity index (χ0) is 13.8. The lowest BCUT2D eigenvalue weighted by Crippen LogP contribution is -2.56. The molecule has 0 spiro atoms. The van der Waals surface area contributed by atoms with Crippen LogP contribution in [0, 0.1) is 0 Å². The van der Waals surface area contributed by atoms with Crippen LogP contribution in [0.3, 0.4) is 0 Å². The number of carbonyl (C=O) groups is 2. The minimum Gasteiger partial charge on any atom is -0.481 e. The van der Waals surface area contributed by atoms with E-state index in [9.17, 15) is 18.0 Å². The fourth-order valence-electron chi connectivity index (χ4n) is 1.95. The number of carbonyl (C=O) groups excluding carboxylic acids is 1. The van der Waals surface area contributed by atoms with E-state index in [1.807, 2.05) is 0 Å². The Morgan fingerprint density at radius 3 is 2.78 bits per heavy atom. The van der Waals surface area contributed by atoms with Crippen molar-refractivity contribution in [2.75, 3.05) is 31.6 Å². The molecule has 1 aliphatic rings. The van der Waals surface area contributed by atoms with Crippen LogP contribution in [0.4, 0.5) is 0 Å². The van der Waals surface area contributed by atoms with Crippen LogP contribution in [-0.2, 0) is 19.4 Å². The Balaban J connectivity index is 2.54. The number of aliphatic carboxylic acids is 1. The van der Waals surface area contributed by atoms with Crippen LogP contribution >= 0.6 is 0 Å². The fraction of sp³-hybridized carbons (Fsp3) is 0.800. The molecule has 2 N–H and O–H groups in total. The second kappa shape index (κ2) is 6.14. The quantitative estimate of drug-likeness (QED) is 0.625. The van der Waals surface area contributed by atoms with Gasteiger partial charge in [-0.3, -0.25) is 14.5 Å². The lowest BCUT2D eigenvalue weighted by molar-refractivity contribution is -0.143. The van der Waals surface area contributed by atoms with Gasteiger partial charge in [0, 0.05) is 19.3 Å². The summed E-state index contributed by atoms with van der Waals surface area (Å²) < 4.78 is 22.0. The first-order valence-electron chi connectivity index (χ1n) is 5.71. The maximum Gasteiger partial charge on any atom is 0.305 e. The molecule has 7 nitrogen and oxygen atoms in total. The average molecular weight is 278 g/mol. The van der Waals surface area contributed by atoms with Gasteiger partial charge in [0.05, 0.1) is 18.2 Å². The van der Waals surface area contributed by atoms with E-state index in [0.29, 0.717) is 26.1 Å². The second-order valence-corrected chi connectivity index (χ2v) is 6.68. The third kappa shape index (κ3) is 5.01. The molecule has 8 heteroatoms. The summed E-state index contributed by atoms with van der Waals surface area (Å²) in [6, 6.07) is -0.698. The summed E-state index contributed by atoms with van der Waals surface area (Å²) >= 11 is 0. The van der Waals surface area contributed by atoms with Gasteiger partial charge in [0.2, 0.25) is 5.91 Å². The van der Waals surface area contributed by atoms with Crippen LogP contribution in [0.2, 0.25) is 0 Å². The van der Waals surface area contributed by atoms with Crippen molar-refractivity contribution in [2.45, 2.75) is 18.9 Å². The van der Waals surface area contributed by atoms with Crippen molar-refractivity contribution in [1.29, 1.82) is 0 Å². The number of carboxylic acids is 1. The van der Waals surface area contributed by atoms with E-state index in [4.69, 9.17) is 5.11 Å². The molecule has 1 saturated heterocycles. The minimum absolute atomic E-state index is 0.0465. The van der Waals surface area contributed by atoms with E-state index in [1.54, 1.807) is 4.90 Å². The summed E-state index contributed by atoms with van der Waals surface area (Å²) in [5, 5.41) is 11.4. The summed E-state index contributed by atoms with van der Waals surface area (Å²) in [4.78, 5) is 24.0. The molecule has 1 fully saturated rings. The van der Waals surface area contributed by atoms with Gasteiger partial charge < -0.3 is 10.4 Å². The van der Waals surface area contributed by atoms with Gasteiger partial charge >= 0.3 is 5.97 Å². The van der Waals surface area contributed by atoms with Crippen molar-refractivity contribution >= 4 is 21.7 Å². The lowest BCUT2D eigenvalue weighted by Gasteiger charge is -2.34. The Hall–Kier alpha value is -1.15. The highest BCUT2D eigenvalue weighted by Gasteiger charge is 2.31. The lowest BCUT2D eigenvalue weighted by atomic mass is 10.1. The summed E-state index contributed by atoms with van der Waals surface area (Å²) in [5.41, 5.74) is 0. The van der Waals surface area contributed by atoms with Gasteiger partial charge in [-0.2, -0.15) is 0 Å². The first-order chi connectivity index (χ1) is 8.29. The molecule has 1 atom stereocenters. The van der Waals surface area contributed by atoms with Gasteiger partial charge in [-0.15, -0.1) is 0 Å². The number of hydrogen-bond acceptors (Lipinski definition) is 5. The Morgan fingerprint density at radius 1 is 1.56 bits per heavy atom. The number of nitrogens with one attached hydrogen (secondary N) is 1. The minimum atomic E-state index is -3.02. The maximum absolute atomic E-state index is 11.6. The number of nitrogens with zero attached hydrogens (tertiary/aromatic N) is 1. The molecule has 1 aliphatic heterocycles. The standard InChI is InChI=1S/C10H18N2O5S/c1-18(16,17)6-2-4-12-5-3-11-10(15)8(12)7-9(13)14/h8H,2-7H2,1H3,(H,11,15)(H,13,14). The monoisotopic (exact) mass is 278 g/mol. The first kappa shape index (κ1) is 14.9. The highest BCUT2D eigenvalue weighted by atomic mass is 32.2. The van der Waals surface area contributed by atoms with E-state index in [2.05, 4.69) is 5.32 Å². The number of piperazine rings is 1. The van der Waals surface area contributed by atoms with Crippen molar-refractivity contribution in [3.05, 3.63) is 0 Å². The highest BCUT2D eigenvalue weighted by Crippen LogP contribution is 2.10. The Bertz CT molecular complexity index is 420. The van der Waals surface area contributed by atoms with Gasteiger partial charge in [0.15, 0.2) is 0 Å². The largest absolute Gasteiger partial charge is 0.481 e. The Morgan fingerprint density at radius 2 is 2.22 bits per heavy atom. The van der Waals surface area contributed by atoms with Gasteiger partial charge in [-0.05, 0) is 13.0 Å². The van der Waals surface area contributed by atoms with Gasteiger partial charge in [-0.25, -0.2) is 8.42 Å². The summed E-state index contributed by atoms with van der Waals surface area (Å²) in [5.74, 6) is -1.29. The second-order valence-electron chi connectivity index (χ2n) is 4.42. The van der Waals surface area contributed by atoms with Crippen LogP contribution in [0.1, 0.15) is 12.8 Å². The predicted octanol–water partition coefficient (Wildman–Crippen LogP) is -1.30. The summed E-state index contributed by atoms with van der Waals surface area (Å²) in [6.45, 7) is 1.43. The number of amides is 1. The molecule has 1 amide bonds. The maximum atomic E-state index is 11.6. The molecule has 0 aliphatic carbocycles. The van der Waals surface area contributed by atoms with Crippen molar-refractivity contribution in [1.82, 2.24) is 10.2 Å². The zero-order valence-corrected chi connectivity index (χ0v) is 11.1. The van der Waals surface area contributed by atoms with Crippen LogP contribution in [0.25, 0.3) is 0 Å². The number of sulfone groups is 1. The van der Waals surface area contributed by atoms with Crippen LogP contribution < -0.4 is 5.32 Å². The van der Waals surface area contributed by atoms with Crippen LogP contribution in [-0.4, -0.2) is 68.0 Å². The van der Waals surface area contributed by atoms with Crippen LogP contribution in [0.5, 0.6) is 0 Å². The number of carboxylic acid groups (broad SMARTS) is 1. The number of rotatable bonds is 6. The van der Waals surface area contributed by atoms with Gasteiger partial charge in [0.25, 0.3) is 0 Å². The van der Waals surface area contributed by atoms with Crippen molar-refractivity contribution in [2.24, 2.45) is 0 Å². The molecule has 18 heavy (non-hydrogen) atoms. The molecule has 0 saturated carbocycles. The third-order valence-corrected chi connectivity index (χ3v) is 3.80. The zero-order valence-electron chi connectivity index (χ0n) is 10.3. The Labute approximate surface area is 106 Å². The molecule has 0 aromatic carbocycles. The molecular weight excluding hydrogens is 260 g/mol. The molecule has 1 unspecified atom stereocenters. The molecular formula is C10H18N2O5S. The molecule has 0 bridgehead atoms. The molecule has 0 aromatic rings. The Kier molecular flexibility index (Phi) is 5.09. The van der Waals surface area contributed by atoms with Crippen molar-refractivity contribution in [3.8, 4) is 0 Å². The normalized spacial score (nSPS) is 21.6. The fourth-order valence-corrected chi connectivity index (χ4v) is 2.60. The highest BCUT2D eigenvalue weighted by molar-refractivity contribution is 7.90. The van der Waals surface area contributed by atoms with E-state index in [0.717, 1.165) is 6.26 Å². The molecule has 1 heterocycles. The topological polar surface area (TPSA) is 104 Å². The van der Waals surface area contributed by atoms with Gasteiger partial charge in [0.1, 0.15) is 9.84 Å². The van der Waals surface area contributed by atoms with E-state index < -0.39 is 21.8 Å². The summed E-state index contributed by atoms with van der Waals surface area (Å²) in [6.07, 6.45) is 1.30. The third-order valence-electron chi connectivity index (χ3n) is 2.77. The van der Waals surface area contributed by atoms with Gasteiger partial charge in [-0.1, -0.05) is 0 Å².